The first kappa shape index (κ1) is 24.0. The van der Waals surface area contributed by atoms with Crippen molar-refractivity contribution in [3.63, 3.8) is 0 Å². The minimum absolute atomic E-state index is 0.0571. The lowest BCUT2D eigenvalue weighted by atomic mass is 10.1. The molecule has 4 aromatic rings. The monoisotopic (exact) mass is 499 g/mol. The first-order valence-corrected chi connectivity index (χ1v) is 10.6. The summed E-state index contributed by atoms with van der Waals surface area (Å²) in [4.78, 5) is 24.3. The van der Waals surface area contributed by atoms with Gasteiger partial charge in [0.15, 0.2) is 5.69 Å². The second-order valence-electron chi connectivity index (χ2n) is 7.61. The molecule has 0 aliphatic heterocycles. The summed E-state index contributed by atoms with van der Waals surface area (Å²) < 4.78 is 41.3. The Morgan fingerprint density at radius 3 is 2.31 bits per heavy atom. The van der Waals surface area contributed by atoms with E-state index in [-0.39, 0.29) is 33.2 Å². The SMILES string of the molecule is Cc1cccc(C(=O)O)c1NC(=O)c1ccc(-c2cc(C(F)(F)F)nn2-c2ccccc2Cl)cc1. The van der Waals surface area contributed by atoms with Gasteiger partial charge in [0.05, 0.1) is 27.7 Å². The van der Waals surface area contributed by atoms with Gasteiger partial charge in [-0.25, -0.2) is 9.48 Å². The summed E-state index contributed by atoms with van der Waals surface area (Å²) in [5.74, 6) is -1.75. The molecule has 0 radical (unpaired) electrons. The summed E-state index contributed by atoms with van der Waals surface area (Å²) >= 11 is 6.20. The molecule has 3 aromatic carbocycles. The molecule has 35 heavy (non-hydrogen) atoms. The summed E-state index contributed by atoms with van der Waals surface area (Å²) in [6.45, 7) is 1.67. The fraction of sp³-hybridized carbons (Fsp3) is 0.0800. The average molecular weight is 500 g/mol. The molecule has 178 valence electrons. The van der Waals surface area contributed by atoms with Crippen molar-refractivity contribution in [3.8, 4) is 16.9 Å². The van der Waals surface area contributed by atoms with E-state index in [2.05, 4.69) is 10.4 Å². The Morgan fingerprint density at radius 2 is 1.69 bits per heavy atom. The standard InChI is InChI=1S/C25H17ClF3N3O3/c1-14-5-4-6-17(24(34)35)22(14)30-23(33)16-11-9-15(10-12-16)20-13-21(25(27,28)29)31-32(20)19-8-3-2-7-18(19)26/h2-13H,1H3,(H,30,33)(H,34,35). The van der Waals surface area contributed by atoms with E-state index in [9.17, 15) is 27.9 Å². The van der Waals surface area contributed by atoms with Crippen LogP contribution in [0.15, 0.2) is 72.8 Å². The van der Waals surface area contributed by atoms with Crippen LogP contribution in [0.5, 0.6) is 0 Å². The summed E-state index contributed by atoms with van der Waals surface area (Å²) in [5, 5.41) is 15.9. The van der Waals surface area contributed by atoms with Gasteiger partial charge in [-0.15, -0.1) is 0 Å². The van der Waals surface area contributed by atoms with Crippen LogP contribution in [-0.2, 0) is 6.18 Å². The van der Waals surface area contributed by atoms with Crippen LogP contribution in [-0.4, -0.2) is 26.8 Å². The molecule has 10 heteroatoms. The van der Waals surface area contributed by atoms with E-state index in [0.717, 1.165) is 10.7 Å². The smallest absolute Gasteiger partial charge is 0.435 e. The van der Waals surface area contributed by atoms with Gasteiger partial charge >= 0.3 is 12.1 Å². The van der Waals surface area contributed by atoms with Crippen LogP contribution in [0.4, 0.5) is 18.9 Å². The van der Waals surface area contributed by atoms with Gasteiger partial charge in [0.2, 0.25) is 0 Å². The van der Waals surface area contributed by atoms with Gasteiger partial charge in [0, 0.05) is 11.1 Å². The van der Waals surface area contributed by atoms with Gasteiger partial charge in [-0.05, 0) is 48.9 Å². The van der Waals surface area contributed by atoms with Crippen LogP contribution < -0.4 is 5.32 Å². The van der Waals surface area contributed by atoms with Gasteiger partial charge in [0.1, 0.15) is 0 Å². The number of aromatic nitrogens is 2. The molecule has 0 unspecified atom stereocenters. The van der Waals surface area contributed by atoms with Crippen LogP contribution in [0, 0.1) is 6.92 Å². The Balaban J connectivity index is 1.70. The van der Waals surface area contributed by atoms with Gasteiger partial charge < -0.3 is 10.4 Å². The molecule has 0 atom stereocenters. The molecule has 1 aromatic heterocycles. The normalized spacial score (nSPS) is 11.3. The van der Waals surface area contributed by atoms with Gasteiger partial charge in [-0.2, -0.15) is 18.3 Å². The number of nitrogens with zero attached hydrogens (tertiary/aromatic N) is 2. The number of carbonyl (C=O) groups excluding carboxylic acids is 1. The van der Waals surface area contributed by atoms with E-state index < -0.39 is 23.7 Å². The second kappa shape index (κ2) is 9.27. The Kier molecular flexibility index (Phi) is 6.36. The van der Waals surface area contributed by atoms with Crippen molar-refractivity contribution < 1.29 is 27.9 Å². The summed E-state index contributed by atoms with van der Waals surface area (Å²) in [6.07, 6.45) is -4.67. The van der Waals surface area contributed by atoms with Crippen LogP contribution in [0.1, 0.15) is 32.0 Å². The van der Waals surface area contributed by atoms with Crippen molar-refractivity contribution in [2.24, 2.45) is 0 Å². The molecule has 0 saturated carbocycles. The Bertz CT molecular complexity index is 1430. The number of amides is 1. The van der Waals surface area contributed by atoms with Crippen molar-refractivity contribution in [3.05, 3.63) is 100 Å². The molecule has 1 amide bonds. The van der Waals surface area contributed by atoms with Crippen LogP contribution in [0.2, 0.25) is 5.02 Å². The number of nitrogens with one attached hydrogen (secondary N) is 1. The highest BCUT2D eigenvalue weighted by atomic mass is 35.5. The third kappa shape index (κ3) is 4.90. The van der Waals surface area contributed by atoms with Gasteiger partial charge in [-0.1, -0.05) is 48.0 Å². The van der Waals surface area contributed by atoms with Gasteiger partial charge in [-0.3, -0.25) is 4.79 Å². The van der Waals surface area contributed by atoms with Crippen LogP contribution >= 0.6 is 11.6 Å². The molecule has 0 spiro atoms. The molecular weight excluding hydrogens is 483 g/mol. The quantitative estimate of drug-likeness (QED) is 0.329. The Morgan fingerprint density at radius 1 is 1.00 bits per heavy atom. The van der Waals surface area contributed by atoms with E-state index >= 15 is 0 Å². The molecule has 0 fully saturated rings. The number of anilines is 1. The maximum atomic E-state index is 13.4. The maximum absolute atomic E-state index is 13.4. The number of benzene rings is 3. The first-order valence-electron chi connectivity index (χ1n) is 10.2. The lowest BCUT2D eigenvalue weighted by Gasteiger charge is -2.12. The third-order valence-corrected chi connectivity index (χ3v) is 5.58. The van der Waals surface area contributed by atoms with Gasteiger partial charge in [0.25, 0.3) is 5.91 Å². The number of halogens is 4. The predicted molar refractivity (Wildman–Crippen MR) is 125 cm³/mol. The summed E-state index contributed by atoms with van der Waals surface area (Å²) in [5.41, 5.74) is 0.540. The number of alkyl halides is 3. The number of para-hydroxylation sites is 2. The molecule has 6 nitrogen and oxygen atoms in total. The maximum Gasteiger partial charge on any atom is 0.435 e. The number of hydrogen-bond acceptors (Lipinski definition) is 3. The predicted octanol–water partition coefficient (Wildman–Crippen LogP) is 6.47. The fourth-order valence-electron chi connectivity index (χ4n) is 3.52. The van der Waals surface area contributed by atoms with E-state index in [1.165, 1.54) is 30.3 Å². The fourth-order valence-corrected chi connectivity index (χ4v) is 3.74. The van der Waals surface area contributed by atoms with Crippen molar-refractivity contribution in [1.29, 1.82) is 0 Å². The zero-order valence-corrected chi connectivity index (χ0v) is 18.9. The highest BCUT2D eigenvalue weighted by molar-refractivity contribution is 6.32. The van der Waals surface area contributed by atoms with Crippen molar-refractivity contribution in [1.82, 2.24) is 9.78 Å². The number of carbonyl (C=O) groups is 2. The Labute approximate surface area is 202 Å². The molecule has 0 aliphatic rings. The number of hydrogen-bond donors (Lipinski definition) is 2. The highest BCUT2D eigenvalue weighted by Gasteiger charge is 2.35. The highest BCUT2D eigenvalue weighted by Crippen LogP contribution is 2.34. The number of aryl methyl sites for hydroxylation is 1. The lowest BCUT2D eigenvalue weighted by Crippen LogP contribution is -2.15. The Hall–Kier alpha value is -4.11. The molecule has 2 N–H and O–H groups in total. The third-order valence-electron chi connectivity index (χ3n) is 5.27. The molecule has 0 saturated heterocycles. The average Bonchev–Trinajstić information content (AvgIpc) is 3.26. The zero-order chi connectivity index (χ0) is 25.3. The topological polar surface area (TPSA) is 84.2 Å². The number of aromatic carboxylic acids is 1. The van der Waals surface area contributed by atoms with Crippen molar-refractivity contribution in [2.75, 3.05) is 5.32 Å². The second-order valence-corrected chi connectivity index (χ2v) is 8.02. The minimum Gasteiger partial charge on any atom is -0.478 e. The van der Waals surface area contributed by atoms with E-state index in [0.29, 0.717) is 11.1 Å². The summed E-state index contributed by atoms with van der Waals surface area (Å²) in [6, 6.07) is 17.7. The van der Waals surface area contributed by atoms with E-state index in [4.69, 9.17) is 11.6 Å². The summed E-state index contributed by atoms with van der Waals surface area (Å²) in [7, 11) is 0. The largest absolute Gasteiger partial charge is 0.478 e. The van der Waals surface area contributed by atoms with Crippen molar-refractivity contribution in [2.45, 2.75) is 13.1 Å². The van der Waals surface area contributed by atoms with Crippen LogP contribution in [0.25, 0.3) is 16.9 Å². The van der Waals surface area contributed by atoms with E-state index in [1.54, 1.807) is 43.3 Å². The molecule has 0 bridgehead atoms. The first-order chi connectivity index (χ1) is 16.6. The zero-order valence-electron chi connectivity index (χ0n) is 18.1. The van der Waals surface area contributed by atoms with Crippen LogP contribution in [0.3, 0.4) is 0 Å². The number of rotatable bonds is 5. The minimum atomic E-state index is -4.67. The molecule has 4 rings (SSSR count). The lowest BCUT2D eigenvalue weighted by molar-refractivity contribution is -0.141. The molecule has 0 aliphatic carbocycles. The van der Waals surface area contributed by atoms with Crippen molar-refractivity contribution >= 4 is 29.2 Å². The molecular formula is C25H17ClF3N3O3. The van der Waals surface area contributed by atoms with E-state index in [1.807, 2.05) is 0 Å². The number of carboxylic acids is 1. The number of carboxylic acid groups (broad SMARTS) is 1. The molecule has 1 heterocycles.